The van der Waals surface area contributed by atoms with Crippen molar-refractivity contribution in [2.24, 2.45) is 0 Å². The van der Waals surface area contributed by atoms with Crippen LogP contribution in [0.4, 0.5) is 0 Å². The molecule has 0 aliphatic carbocycles. The molecule has 0 radical (unpaired) electrons. The van der Waals surface area contributed by atoms with Gasteiger partial charge in [0.15, 0.2) is 0 Å². The molecule has 16 heavy (non-hydrogen) atoms. The van der Waals surface area contributed by atoms with E-state index in [1.54, 1.807) is 24.9 Å². The number of hydrogen-bond acceptors (Lipinski definition) is 3. The Morgan fingerprint density at radius 3 is 2.56 bits per heavy atom. The molecule has 0 amide bonds. The third-order valence-electron chi connectivity index (χ3n) is 2.21. The highest BCUT2D eigenvalue weighted by atomic mass is 32.2. The molecule has 0 bridgehead atoms. The largest absolute Gasteiger partial charge is 0.389 e. The minimum absolute atomic E-state index is 0.486. The Balaban J connectivity index is 2.28. The molecular formula is C13H13NOS. The average molecular weight is 231 g/mol. The highest BCUT2D eigenvalue weighted by Crippen LogP contribution is 2.30. The van der Waals surface area contributed by atoms with Crippen LogP contribution in [0.3, 0.4) is 0 Å². The van der Waals surface area contributed by atoms with Gasteiger partial charge in [0.1, 0.15) is 5.03 Å². The number of aromatic nitrogens is 1. The van der Waals surface area contributed by atoms with Gasteiger partial charge in [0, 0.05) is 16.7 Å². The summed E-state index contributed by atoms with van der Waals surface area (Å²) in [4.78, 5) is 5.43. The van der Waals surface area contributed by atoms with Crippen molar-refractivity contribution >= 4 is 11.8 Å². The normalized spacial score (nSPS) is 12.4. The Labute approximate surface area is 99.4 Å². The van der Waals surface area contributed by atoms with Crippen molar-refractivity contribution in [2.45, 2.75) is 22.9 Å². The number of pyridine rings is 1. The van der Waals surface area contributed by atoms with E-state index in [4.69, 9.17) is 0 Å². The van der Waals surface area contributed by atoms with Gasteiger partial charge in [0.25, 0.3) is 0 Å². The number of aliphatic hydroxyl groups is 1. The zero-order valence-corrected chi connectivity index (χ0v) is 9.82. The minimum atomic E-state index is -0.486. The molecule has 82 valence electrons. The van der Waals surface area contributed by atoms with Gasteiger partial charge in [-0.1, -0.05) is 36.0 Å². The minimum Gasteiger partial charge on any atom is -0.389 e. The van der Waals surface area contributed by atoms with Crippen molar-refractivity contribution in [1.29, 1.82) is 0 Å². The fourth-order valence-electron chi connectivity index (χ4n) is 1.41. The van der Waals surface area contributed by atoms with Crippen LogP contribution in [0.15, 0.2) is 58.6 Å². The van der Waals surface area contributed by atoms with Gasteiger partial charge in [-0.25, -0.2) is 4.98 Å². The second kappa shape index (κ2) is 5.14. The molecule has 2 rings (SSSR count). The van der Waals surface area contributed by atoms with Gasteiger partial charge < -0.3 is 5.11 Å². The van der Waals surface area contributed by atoms with E-state index >= 15 is 0 Å². The van der Waals surface area contributed by atoms with Gasteiger partial charge in [-0.05, 0) is 25.1 Å². The van der Waals surface area contributed by atoms with Gasteiger partial charge in [-0.15, -0.1) is 0 Å². The lowest BCUT2D eigenvalue weighted by Crippen LogP contribution is -1.95. The molecule has 0 saturated carbocycles. The van der Waals surface area contributed by atoms with Crippen molar-refractivity contribution < 1.29 is 5.11 Å². The molecule has 0 spiro atoms. The summed E-state index contributed by atoms with van der Waals surface area (Å²) in [6.45, 7) is 1.76. The van der Waals surface area contributed by atoms with Gasteiger partial charge in [0.2, 0.25) is 0 Å². The van der Waals surface area contributed by atoms with E-state index in [1.165, 1.54) is 0 Å². The number of aliphatic hydroxyl groups excluding tert-OH is 1. The Morgan fingerprint density at radius 2 is 1.88 bits per heavy atom. The van der Waals surface area contributed by atoms with Crippen LogP contribution < -0.4 is 0 Å². The Bertz CT molecular complexity index is 456. The number of benzene rings is 1. The monoisotopic (exact) mass is 231 g/mol. The fourth-order valence-corrected chi connectivity index (χ4v) is 2.39. The van der Waals surface area contributed by atoms with Crippen LogP contribution in [0.1, 0.15) is 18.6 Å². The standard InChI is InChI=1S/C13H13NOS/c1-10(15)12-8-5-9-14-13(12)16-11-6-3-2-4-7-11/h2-10,15H,1H3/t10-/m0/s1. The molecule has 2 nitrogen and oxygen atoms in total. The Kier molecular flexibility index (Phi) is 3.59. The van der Waals surface area contributed by atoms with Crippen molar-refractivity contribution in [1.82, 2.24) is 4.98 Å². The van der Waals surface area contributed by atoms with Crippen LogP contribution in [0.25, 0.3) is 0 Å². The number of rotatable bonds is 3. The zero-order valence-electron chi connectivity index (χ0n) is 9.00. The average Bonchev–Trinajstić information content (AvgIpc) is 2.31. The van der Waals surface area contributed by atoms with E-state index in [0.717, 1.165) is 15.5 Å². The first-order chi connectivity index (χ1) is 7.77. The molecule has 0 aliphatic heterocycles. The zero-order chi connectivity index (χ0) is 11.4. The van der Waals surface area contributed by atoms with Crippen LogP contribution in [0.5, 0.6) is 0 Å². The fraction of sp³-hybridized carbons (Fsp3) is 0.154. The predicted octanol–water partition coefficient (Wildman–Crippen LogP) is 3.29. The smallest absolute Gasteiger partial charge is 0.106 e. The summed E-state index contributed by atoms with van der Waals surface area (Å²) in [5.74, 6) is 0. The highest BCUT2D eigenvalue weighted by Gasteiger charge is 2.09. The molecule has 1 aromatic carbocycles. The quantitative estimate of drug-likeness (QED) is 0.880. The second-order valence-electron chi connectivity index (χ2n) is 3.49. The lowest BCUT2D eigenvalue weighted by atomic mass is 10.2. The van der Waals surface area contributed by atoms with Crippen molar-refractivity contribution in [3.8, 4) is 0 Å². The van der Waals surface area contributed by atoms with Crippen LogP contribution in [-0.2, 0) is 0 Å². The van der Waals surface area contributed by atoms with Gasteiger partial charge in [0.05, 0.1) is 6.10 Å². The molecule has 0 fully saturated rings. The number of nitrogens with zero attached hydrogens (tertiary/aromatic N) is 1. The maximum absolute atomic E-state index is 9.63. The molecule has 0 unspecified atom stereocenters. The van der Waals surface area contributed by atoms with E-state index in [9.17, 15) is 5.11 Å². The SMILES string of the molecule is C[C@H](O)c1cccnc1Sc1ccccc1. The first-order valence-electron chi connectivity index (χ1n) is 5.13. The lowest BCUT2D eigenvalue weighted by Gasteiger charge is -2.09. The van der Waals surface area contributed by atoms with E-state index in [-0.39, 0.29) is 0 Å². The molecule has 1 atom stereocenters. The van der Waals surface area contributed by atoms with Crippen molar-refractivity contribution in [2.75, 3.05) is 0 Å². The van der Waals surface area contributed by atoms with Crippen molar-refractivity contribution in [3.63, 3.8) is 0 Å². The van der Waals surface area contributed by atoms with E-state index in [2.05, 4.69) is 4.98 Å². The summed E-state index contributed by atoms with van der Waals surface area (Å²) in [7, 11) is 0. The summed E-state index contributed by atoms with van der Waals surface area (Å²) in [5.41, 5.74) is 0.872. The van der Waals surface area contributed by atoms with E-state index in [1.807, 2.05) is 42.5 Å². The van der Waals surface area contributed by atoms with Crippen molar-refractivity contribution in [3.05, 3.63) is 54.2 Å². The van der Waals surface area contributed by atoms with E-state index < -0.39 is 6.10 Å². The summed E-state index contributed by atoms with van der Waals surface area (Å²) >= 11 is 1.57. The summed E-state index contributed by atoms with van der Waals surface area (Å²) in [6, 6.07) is 13.8. The molecular weight excluding hydrogens is 218 g/mol. The Hall–Kier alpha value is -1.32. The summed E-state index contributed by atoms with van der Waals surface area (Å²) in [5, 5.41) is 10.5. The van der Waals surface area contributed by atoms with Gasteiger partial charge >= 0.3 is 0 Å². The molecule has 0 saturated heterocycles. The first kappa shape index (κ1) is 11.2. The summed E-state index contributed by atoms with van der Waals surface area (Å²) < 4.78 is 0. The van der Waals surface area contributed by atoms with Gasteiger partial charge in [-0.3, -0.25) is 0 Å². The van der Waals surface area contributed by atoms with Gasteiger partial charge in [-0.2, -0.15) is 0 Å². The Morgan fingerprint density at radius 1 is 1.12 bits per heavy atom. The topological polar surface area (TPSA) is 33.1 Å². The molecule has 1 N–H and O–H groups in total. The van der Waals surface area contributed by atoms with Crippen LogP contribution in [0.2, 0.25) is 0 Å². The number of hydrogen-bond donors (Lipinski definition) is 1. The van der Waals surface area contributed by atoms with Crippen LogP contribution in [-0.4, -0.2) is 10.1 Å². The maximum atomic E-state index is 9.63. The first-order valence-corrected chi connectivity index (χ1v) is 5.95. The molecule has 0 aliphatic rings. The maximum Gasteiger partial charge on any atom is 0.106 e. The molecule has 2 aromatic rings. The predicted molar refractivity (Wildman–Crippen MR) is 65.4 cm³/mol. The van der Waals surface area contributed by atoms with E-state index in [0.29, 0.717) is 0 Å². The third kappa shape index (κ3) is 2.62. The molecule has 1 heterocycles. The summed E-state index contributed by atoms with van der Waals surface area (Å²) in [6.07, 6.45) is 1.26. The molecule has 3 heteroatoms. The lowest BCUT2D eigenvalue weighted by molar-refractivity contribution is 0.195. The third-order valence-corrected chi connectivity index (χ3v) is 3.25. The highest BCUT2D eigenvalue weighted by molar-refractivity contribution is 7.99. The molecule has 1 aromatic heterocycles. The van der Waals surface area contributed by atoms with Crippen LogP contribution >= 0.6 is 11.8 Å². The van der Waals surface area contributed by atoms with Crippen LogP contribution in [0, 0.1) is 0 Å². The second-order valence-corrected chi connectivity index (χ2v) is 4.55.